The molecule has 158 valence electrons. The van der Waals surface area contributed by atoms with Crippen molar-refractivity contribution in [3.05, 3.63) is 77.3 Å². The first-order valence-corrected chi connectivity index (χ1v) is 9.80. The maximum Gasteiger partial charge on any atom is 0.433 e. The predicted octanol–water partition coefficient (Wildman–Crippen LogP) is 4.82. The first-order chi connectivity index (χ1) is 14.9. The van der Waals surface area contributed by atoms with Gasteiger partial charge in [0.1, 0.15) is 11.3 Å². The molecular formula is C22H17F3N4O2. The molecule has 1 N–H and O–H groups in total. The van der Waals surface area contributed by atoms with E-state index in [-0.39, 0.29) is 28.7 Å². The number of carbonyl (C=O) groups excluding carboxylic acids is 1. The fraction of sp³-hybridized carbons (Fsp3) is 0.227. The molecule has 1 atom stereocenters. The second-order valence-electron chi connectivity index (χ2n) is 7.41. The summed E-state index contributed by atoms with van der Waals surface area (Å²) in [5.41, 5.74) is 0.924. The Labute approximate surface area is 174 Å². The topological polar surface area (TPSA) is 72.4 Å². The lowest BCUT2D eigenvalue weighted by atomic mass is 9.87. The zero-order valence-corrected chi connectivity index (χ0v) is 16.2. The second kappa shape index (κ2) is 7.26. The number of halogens is 3. The van der Waals surface area contributed by atoms with Crippen molar-refractivity contribution in [1.29, 1.82) is 0 Å². The van der Waals surface area contributed by atoms with Crippen LogP contribution in [0.4, 0.5) is 13.2 Å². The zero-order chi connectivity index (χ0) is 21.6. The van der Waals surface area contributed by atoms with Gasteiger partial charge in [-0.25, -0.2) is 9.50 Å². The molecule has 0 unspecified atom stereocenters. The molecular weight excluding hydrogens is 409 g/mol. The van der Waals surface area contributed by atoms with Gasteiger partial charge in [-0.3, -0.25) is 4.79 Å². The van der Waals surface area contributed by atoms with Gasteiger partial charge < -0.3 is 9.73 Å². The number of aryl methyl sites for hydroxylation is 1. The van der Waals surface area contributed by atoms with Gasteiger partial charge in [-0.05, 0) is 48.6 Å². The minimum absolute atomic E-state index is 0.0256. The van der Waals surface area contributed by atoms with Crippen LogP contribution < -0.4 is 5.32 Å². The van der Waals surface area contributed by atoms with E-state index in [0.29, 0.717) is 4.52 Å². The van der Waals surface area contributed by atoms with Crippen molar-refractivity contribution in [1.82, 2.24) is 19.9 Å². The molecule has 5 rings (SSSR count). The lowest BCUT2D eigenvalue weighted by Crippen LogP contribution is -2.31. The van der Waals surface area contributed by atoms with Crippen LogP contribution in [0.5, 0.6) is 0 Å². The predicted molar refractivity (Wildman–Crippen MR) is 105 cm³/mol. The Hall–Kier alpha value is -3.62. The van der Waals surface area contributed by atoms with Gasteiger partial charge in [0.15, 0.2) is 17.1 Å². The average Bonchev–Trinajstić information content (AvgIpc) is 3.42. The molecule has 3 heterocycles. The van der Waals surface area contributed by atoms with Gasteiger partial charge in [-0.15, -0.1) is 0 Å². The standard InChI is InChI=1S/C22H17F3N4O2/c23-22(24,25)19-11-17(18-9-4-10-31-18)27-20-15(12-26-29(19)20)21(30)28-16-8-3-6-13-5-1-2-7-14(13)16/h1-2,4-5,7,9-12,16H,3,6,8H2,(H,28,30)/t16-/m0/s1. The summed E-state index contributed by atoms with van der Waals surface area (Å²) in [4.78, 5) is 17.3. The summed E-state index contributed by atoms with van der Waals surface area (Å²) in [5, 5.41) is 6.75. The van der Waals surface area contributed by atoms with Gasteiger partial charge in [0.25, 0.3) is 5.91 Å². The molecule has 0 saturated carbocycles. The Morgan fingerprint density at radius 1 is 1.19 bits per heavy atom. The molecule has 0 fully saturated rings. The lowest BCUT2D eigenvalue weighted by Gasteiger charge is -2.26. The van der Waals surface area contributed by atoms with E-state index in [0.717, 1.165) is 42.7 Å². The molecule has 0 radical (unpaired) electrons. The van der Waals surface area contributed by atoms with Crippen LogP contribution in [-0.4, -0.2) is 20.5 Å². The van der Waals surface area contributed by atoms with Gasteiger partial charge in [-0.2, -0.15) is 18.3 Å². The van der Waals surface area contributed by atoms with Crippen LogP contribution in [0.15, 0.2) is 59.3 Å². The quantitative estimate of drug-likeness (QED) is 0.510. The number of nitrogens with one attached hydrogen (secondary N) is 1. The SMILES string of the molecule is O=C(N[C@H]1CCCc2ccccc21)c1cnn2c(C(F)(F)F)cc(-c3ccco3)nc12. The minimum atomic E-state index is -4.69. The fourth-order valence-corrected chi connectivity index (χ4v) is 4.02. The van der Waals surface area contributed by atoms with Gasteiger partial charge in [0, 0.05) is 0 Å². The Morgan fingerprint density at radius 3 is 2.81 bits per heavy atom. The molecule has 4 aromatic rings. The largest absolute Gasteiger partial charge is 0.463 e. The molecule has 1 aromatic carbocycles. The Kier molecular flexibility index (Phi) is 4.53. The third-order valence-corrected chi connectivity index (χ3v) is 5.46. The number of rotatable bonds is 3. The van der Waals surface area contributed by atoms with E-state index < -0.39 is 17.8 Å². The van der Waals surface area contributed by atoms with Gasteiger partial charge in [-0.1, -0.05) is 24.3 Å². The summed E-state index contributed by atoms with van der Waals surface area (Å²) >= 11 is 0. The Bertz CT molecular complexity index is 1260. The summed E-state index contributed by atoms with van der Waals surface area (Å²) in [5.74, 6) is -0.351. The molecule has 3 aromatic heterocycles. The van der Waals surface area contributed by atoms with E-state index in [4.69, 9.17) is 4.42 Å². The van der Waals surface area contributed by atoms with Crippen molar-refractivity contribution in [3.8, 4) is 11.5 Å². The Morgan fingerprint density at radius 2 is 2.03 bits per heavy atom. The number of nitrogens with zero attached hydrogens (tertiary/aromatic N) is 3. The van der Waals surface area contributed by atoms with Crippen LogP contribution >= 0.6 is 0 Å². The van der Waals surface area contributed by atoms with E-state index >= 15 is 0 Å². The molecule has 31 heavy (non-hydrogen) atoms. The zero-order valence-electron chi connectivity index (χ0n) is 16.2. The first-order valence-electron chi connectivity index (χ1n) is 9.80. The van der Waals surface area contributed by atoms with Crippen LogP contribution in [0.1, 0.15) is 46.1 Å². The van der Waals surface area contributed by atoms with Crippen molar-refractivity contribution in [2.24, 2.45) is 0 Å². The maximum atomic E-state index is 13.7. The highest BCUT2D eigenvalue weighted by Crippen LogP contribution is 2.33. The molecule has 0 aliphatic heterocycles. The third kappa shape index (κ3) is 3.45. The second-order valence-corrected chi connectivity index (χ2v) is 7.41. The maximum absolute atomic E-state index is 13.7. The molecule has 0 saturated heterocycles. The summed E-state index contributed by atoms with van der Waals surface area (Å²) in [6.45, 7) is 0. The summed E-state index contributed by atoms with van der Waals surface area (Å²) in [6.07, 6.45) is 0.371. The van der Waals surface area contributed by atoms with Crippen LogP contribution in [0, 0.1) is 0 Å². The first kappa shape index (κ1) is 19.3. The minimum Gasteiger partial charge on any atom is -0.463 e. The van der Waals surface area contributed by atoms with Crippen molar-refractivity contribution in [3.63, 3.8) is 0 Å². The molecule has 0 spiro atoms. The summed E-state index contributed by atoms with van der Waals surface area (Å²) in [7, 11) is 0. The molecule has 0 bridgehead atoms. The number of amides is 1. The highest BCUT2D eigenvalue weighted by molar-refractivity contribution is 6.00. The normalized spacial score (nSPS) is 16.3. The van der Waals surface area contributed by atoms with E-state index in [2.05, 4.69) is 15.4 Å². The van der Waals surface area contributed by atoms with E-state index in [9.17, 15) is 18.0 Å². The number of fused-ring (bicyclic) bond motifs is 2. The molecule has 9 heteroatoms. The van der Waals surface area contributed by atoms with E-state index in [1.165, 1.54) is 12.3 Å². The fourth-order valence-electron chi connectivity index (χ4n) is 4.02. The van der Waals surface area contributed by atoms with Gasteiger partial charge in [0.05, 0.1) is 18.5 Å². The number of aromatic nitrogens is 3. The number of hydrogen-bond donors (Lipinski definition) is 1. The van der Waals surface area contributed by atoms with E-state index in [1.54, 1.807) is 6.07 Å². The average molecular weight is 426 g/mol. The molecule has 6 nitrogen and oxygen atoms in total. The number of alkyl halides is 3. The van der Waals surface area contributed by atoms with Crippen molar-refractivity contribution < 1.29 is 22.4 Å². The molecule has 1 aliphatic rings. The Balaban J connectivity index is 1.56. The number of furan rings is 1. The van der Waals surface area contributed by atoms with Crippen LogP contribution in [0.2, 0.25) is 0 Å². The molecule has 1 amide bonds. The van der Waals surface area contributed by atoms with Crippen LogP contribution in [0.25, 0.3) is 17.1 Å². The smallest absolute Gasteiger partial charge is 0.433 e. The number of benzene rings is 1. The van der Waals surface area contributed by atoms with Crippen molar-refractivity contribution in [2.75, 3.05) is 0 Å². The number of carbonyl (C=O) groups is 1. The summed E-state index contributed by atoms with van der Waals surface area (Å²) < 4.78 is 46.9. The monoisotopic (exact) mass is 426 g/mol. The molecule has 1 aliphatic carbocycles. The van der Waals surface area contributed by atoms with Crippen molar-refractivity contribution in [2.45, 2.75) is 31.5 Å². The van der Waals surface area contributed by atoms with Crippen molar-refractivity contribution >= 4 is 11.6 Å². The van der Waals surface area contributed by atoms with Crippen LogP contribution in [-0.2, 0) is 12.6 Å². The van der Waals surface area contributed by atoms with Gasteiger partial charge >= 0.3 is 6.18 Å². The van der Waals surface area contributed by atoms with E-state index in [1.807, 2.05) is 24.3 Å². The van der Waals surface area contributed by atoms with Gasteiger partial charge in [0.2, 0.25) is 0 Å². The highest BCUT2D eigenvalue weighted by Gasteiger charge is 2.36. The lowest BCUT2D eigenvalue weighted by molar-refractivity contribution is -0.142. The summed E-state index contributed by atoms with van der Waals surface area (Å²) in [6, 6.07) is 11.5. The van der Waals surface area contributed by atoms with Crippen LogP contribution in [0.3, 0.4) is 0 Å². The number of hydrogen-bond acceptors (Lipinski definition) is 4. The third-order valence-electron chi connectivity index (χ3n) is 5.46. The highest BCUT2D eigenvalue weighted by atomic mass is 19.4.